The molecule has 0 bridgehead atoms. The number of pyridine rings is 1. The molecule has 0 unspecified atom stereocenters. The molecule has 0 saturated heterocycles. The SMILES string of the molecule is NC(=O)OCCn1c(=O)[nH]c2cnc3cc(F)c(Br)c(F)c3c21. The Morgan fingerprint density at radius 3 is 2.91 bits per heavy atom. The summed E-state index contributed by atoms with van der Waals surface area (Å²) in [6.45, 7) is -0.217. The van der Waals surface area contributed by atoms with Crippen LogP contribution in [-0.2, 0) is 11.3 Å². The number of fused-ring (bicyclic) bond motifs is 3. The second-order valence-electron chi connectivity index (χ2n) is 4.65. The highest BCUT2D eigenvalue weighted by molar-refractivity contribution is 9.10. The molecule has 1 aromatic carbocycles. The summed E-state index contributed by atoms with van der Waals surface area (Å²) in [6, 6.07) is 1.06. The molecule has 10 heteroatoms. The maximum absolute atomic E-state index is 14.5. The molecule has 0 aliphatic rings. The average molecular weight is 387 g/mol. The van der Waals surface area contributed by atoms with E-state index < -0.39 is 23.4 Å². The molecule has 2 aromatic heterocycles. The van der Waals surface area contributed by atoms with Gasteiger partial charge in [-0.25, -0.2) is 18.4 Å². The Morgan fingerprint density at radius 2 is 2.22 bits per heavy atom. The highest BCUT2D eigenvalue weighted by Gasteiger charge is 2.19. The third-order valence-electron chi connectivity index (χ3n) is 3.28. The van der Waals surface area contributed by atoms with Crippen LogP contribution in [0, 0.1) is 11.6 Å². The maximum Gasteiger partial charge on any atom is 0.404 e. The molecule has 3 rings (SSSR count). The number of carbonyl (C=O) groups is 1. The van der Waals surface area contributed by atoms with Gasteiger partial charge in [0.1, 0.15) is 12.4 Å². The third-order valence-corrected chi connectivity index (χ3v) is 4.01. The fraction of sp³-hybridized carbons (Fsp3) is 0.154. The van der Waals surface area contributed by atoms with Crippen molar-refractivity contribution in [2.75, 3.05) is 6.61 Å². The molecule has 3 N–H and O–H groups in total. The minimum Gasteiger partial charge on any atom is -0.448 e. The minimum atomic E-state index is -0.986. The van der Waals surface area contributed by atoms with E-state index >= 15 is 0 Å². The van der Waals surface area contributed by atoms with E-state index in [0.717, 1.165) is 6.07 Å². The van der Waals surface area contributed by atoms with E-state index in [-0.39, 0.29) is 39.6 Å². The highest BCUT2D eigenvalue weighted by atomic mass is 79.9. The van der Waals surface area contributed by atoms with E-state index in [2.05, 4.69) is 30.6 Å². The van der Waals surface area contributed by atoms with E-state index in [1.54, 1.807) is 0 Å². The standard InChI is InChI=1S/C13H9BrF2N4O3/c14-9-5(15)3-6-8(10(9)16)11-7(4-18-6)19-13(22)20(11)1-2-23-12(17)21/h3-4H,1-2H2,(H2,17,21)(H,19,22). The number of benzene rings is 1. The van der Waals surface area contributed by atoms with Crippen molar-refractivity contribution in [3.05, 3.63) is 38.9 Å². The van der Waals surface area contributed by atoms with Crippen molar-refractivity contribution in [2.45, 2.75) is 6.54 Å². The van der Waals surface area contributed by atoms with Crippen molar-refractivity contribution < 1.29 is 18.3 Å². The van der Waals surface area contributed by atoms with E-state index in [4.69, 9.17) is 5.73 Å². The number of rotatable bonds is 3. The molecule has 3 aromatic rings. The van der Waals surface area contributed by atoms with E-state index in [9.17, 15) is 18.4 Å². The van der Waals surface area contributed by atoms with Crippen molar-refractivity contribution in [1.29, 1.82) is 0 Å². The smallest absolute Gasteiger partial charge is 0.404 e. The van der Waals surface area contributed by atoms with Crippen LogP contribution in [0.25, 0.3) is 21.9 Å². The molecular formula is C13H9BrF2N4O3. The molecule has 0 fully saturated rings. The number of imidazole rings is 1. The van der Waals surface area contributed by atoms with Crippen LogP contribution >= 0.6 is 15.9 Å². The highest BCUT2D eigenvalue weighted by Crippen LogP contribution is 2.31. The molecule has 0 atom stereocenters. The third kappa shape index (κ3) is 2.54. The lowest BCUT2D eigenvalue weighted by molar-refractivity contribution is 0.152. The van der Waals surface area contributed by atoms with Gasteiger partial charge >= 0.3 is 11.8 Å². The van der Waals surface area contributed by atoms with Gasteiger partial charge in [0.15, 0.2) is 5.82 Å². The summed E-state index contributed by atoms with van der Waals surface area (Å²) in [4.78, 5) is 29.1. The summed E-state index contributed by atoms with van der Waals surface area (Å²) >= 11 is 2.83. The first kappa shape index (κ1) is 15.4. The quantitative estimate of drug-likeness (QED) is 0.671. The van der Waals surface area contributed by atoms with Crippen LogP contribution in [-0.4, -0.2) is 27.2 Å². The lowest BCUT2D eigenvalue weighted by atomic mass is 10.1. The van der Waals surface area contributed by atoms with Crippen molar-refractivity contribution in [1.82, 2.24) is 14.5 Å². The number of primary amides is 1. The number of halogens is 3. The number of nitrogens with two attached hydrogens (primary N) is 1. The summed E-state index contributed by atoms with van der Waals surface area (Å²) in [7, 11) is 0. The van der Waals surface area contributed by atoms with Crippen LogP contribution in [0.15, 0.2) is 21.5 Å². The number of carbonyl (C=O) groups excluding carboxylic acids is 1. The van der Waals surface area contributed by atoms with Gasteiger partial charge in [-0.3, -0.25) is 9.55 Å². The number of amides is 1. The molecule has 120 valence electrons. The number of aromatic nitrogens is 3. The fourth-order valence-corrected chi connectivity index (χ4v) is 2.66. The first-order valence-electron chi connectivity index (χ1n) is 6.37. The average Bonchev–Trinajstić information content (AvgIpc) is 2.80. The van der Waals surface area contributed by atoms with E-state index in [0.29, 0.717) is 0 Å². The summed E-state index contributed by atoms with van der Waals surface area (Å²) in [5, 5.41) is -0.0202. The number of hydrogen-bond donors (Lipinski definition) is 2. The minimum absolute atomic E-state index is 0.0202. The van der Waals surface area contributed by atoms with Gasteiger partial charge in [-0.05, 0) is 15.9 Å². The number of H-pyrrole nitrogens is 1. The molecule has 1 amide bonds. The van der Waals surface area contributed by atoms with E-state index in [1.807, 2.05) is 0 Å². The van der Waals surface area contributed by atoms with Gasteiger partial charge in [0, 0.05) is 6.07 Å². The first-order valence-corrected chi connectivity index (χ1v) is 7.16. The second-order valence-corrected chi connectivity index (χ2v) is 5.44. The lowest BCUT2D eigenvalue weighted by Gasteiger charge is -2.08. The molecule has 0 radical (unpaired) electrons. The van der Waals surface area contributed by atoms with Crippen LogP contribution in [0.5, 0.6) is 0 Å². The summed E-state index contributed by atoms with van der Waals surface area (Å²) in [5.74, 6) is -1.68. The van der Waals surface area contributed by atoms with Crippen LogP contribution in [0.1, 0.15) is 0 Å². The monoisotopic (exact) mass is 386 g/mol. The topological polar surface area (TPSA) is 103 Å². The zero-order valence-corrected chi connectivity index (χ0v) is 13.0. The molecular weight excluding hydrogens is 378 g/mol. The van der Waals surface area contributed by atoms with Gasteiger partial charge in [-0.2, -0.15) is 0 Å². The maximum atomic E-state index is 14.5. The fourth-order valence-electron chi connectivity index (χ4n) is 2.35. The van der Waals surface area contributed by atoms with Gasteiger partial charge in [-0.15, -0.1) is 0 Å². The molecule has 0 saturated carbocycles. The summed E-state index contributed by atoms with van der Waals surface area (Å²) in [5.41, 5.74) is 4.85. The summed E-state index contributed by atoms with van der Waals surface area (Å²) < 4.78 is 33.5. The summed E-state index contributed by atoms with van der Waals surface area (Å²) in [6.07, 6.45) is 0.317. The van der Waals surface area contributed by atoms with Crippen LogP contribution in [0.4, 0.5) is 13.6 Å². The molecule has 0 spiro atoms. The van der Waals surface area contributed by atoms with Crippen molar-refractivity contribution in [3.8, 4) is 0 Å². The van der Waals surface area contributed by atoms with Gasteiger partial charge in [0.05, 0.1) is 39.2 Å². The number of ether oxygens (including phenoxy) is 1. The molecule has 7 nitrogen and oxygen atoms in total. The van der Waals surface area contributed by atoms with Crippen LogP contribution < -0.4 is 11.4 Å². The predicted molar refractivity (Wildman–Crippen MR) is 81.0 cm³/mol. The second kappa shape index (κ2) is 5.61. The van der Waals surface area contributed by atoms with Gasteiger partial charge < -0.3 is 15.5 Å². The van der Waals surface area contributed by atoms with Crippen molar-refractivity contribution in [2.24, 2.45) is 5.73 Å². The zero-order chi connectivity index (χ0) is 16.7. The normalized spacial score (nSPS) is 11.3. The molecule has 2 heterocycles. The van der Waals surface area contributed by atoms with Crippen LogP contribution in [0.3, 0.4) is 0 Å². The Labute approximate surface area is 135 Å². The zero-order valence-electron chi connectivity index (χ0n) is 11.4. The first-order chi connectivity index (χ1) is 10.9. The number of nitrogens with zero attached hydrogens (tertiary/aromatic N) is 2. The van der Waals surface area contributed by atoms with Crippen LogP contribution in [0.2, 0.25) is 0 Å². The Kier molecular flexibility index (Phi) is 3.76. The number of aromatic amines is 1. The predicted octanol–water partition coefficient (Wildman–Crippen LogP) is 2.01. The largest absolute Gasteiger partial charge is 0.448 e. The number of hydrogen-bond acceptors (Lipinski definition) is 4. The Bertz CT molecular complexity index is 998. The lowest BCUT2D eigenvalue weighted by Crippen LogP contribution is -2.22. The number of nitrogens with one attached hydrogen (secondary N) is 1. The van der Waals surface area contributed by atoms with Crippen molar-refractivity contribution in [3.63, 3.8) is 0 Å². The van der Waals surface area contributed by atoms with Gasteiger partial charge in [0.25, 0.3) is 0 Å². The molecule has 23 heavy (non-hydrogen) atoms. The molecule has 0 aliphatic heterocycles. The van der Waals surface area contributed by atoms with Crippen molar-refractivity contribution >= 4 is 44.0 Å². The van der Waals surface area contributed by atoms with Gasteiger partial charge in [-0.1, -0.05) is 0 Å². The van der Waals surface area contributed by atoms with E-state index in [1.165, 1.54) is 10.8 Å². The van der Waals surface area contributed by atoms with Gasteiger partial charge in [0.2, 0.25) is 0 Å². The molecule has 0 aliphatic carbocycles. The Balaban J connectivity index is 2.28. The Morgan fingerprint density at radius 1 is 1.48 bits per heavy atom. The Hall–Kier alpha value is -2.49.